The molecule has 1 N–H and O–H groups in total. The molecule has 4 heterocycles. The van der Waals surface area contributed by atoms with E-state index in [1.807, 2.05) is 0 Å². The average molecular weight is 396 g/mol. The summed E-state index contributed by atoms with van der Waals surface area (Å²) < 4.78 is 29.6. The number of fused-ring (bicyclic) bond motifs is 2. The summed E-state index contributed by atoms with van der Waals surface area (Å²) in [5.41, 5.74) is 2.45. The van der Waals surface area contributed by atoms with E-state index in [0.717, 1.165) is 10.9 Å². The van der Waals surface area contributed by atoms with Crippen LogP contribution >= 0.6 is 11.3 Å². The lowest BCUT2D eigenvalue weighted by Crippen LogP contribution is -2.11. The maximum Gasteiger partial charge on any atom is 0.248 e. The van der Waals surface area contributed by atoms with Gasteiger partial charge in [0, 0.05) is 30.0 Å². The fourth-order valence-electron chi connectivity index (χ4n) is 3.15. The van der Waals surface area contributed by atoms with Crippen LogP contribution in [0.2, 0.25) is 0 Å². The van der Waals surface area contributed by atoms with Crippen LogP contribution < -0.4 is 5.56 Å². The Bertz CT molecular complexity index is 1390. The standard InChI is InChI=1S/C18H10F2N6OS/c19-11-2-1-10-9(5-13(27)24-15(10)14(11)20)7-26-17(12-6-21-8-28-12)25-16-18(26)23-4-3-22-16/h1-6,8H,7H2,(H,24,27). The van der Waals surface area contributed by atoms with Crippen molar-refractivity contribution >= 4 is 33.5 Å². The number of rotatable bonds is 3. The molecule has 5 rings (SSSR count). The van der Waals surface area contributed by atoms with Crippen LogP contribution in [-0.4, -0.2) is 29.5 Å². The lowest BCUT2D eigenvalue weighted by atomic mass is 10.1. The number of thiazole rings is 1. The molecule has 0 bridgehead atoms. The van der Waals surface area contributed by atoms with Crippen LogP contribution in [0.1, 0.15) is 5.56 Å². The van der Waals surface area contributed by atoms with Crippen LogP contribution in [0.25, 0.3) is 32.9 Å². The van der Waals surface area contributed by atoms with Gasteiger partial charge in [0.05, 0.1) is 22.4 Å². The van der Waals surface area contributed by atoms with Crippen LogP contribution in [0.5, 0.6) is 0 Å². The van der Waals surface area contributed by atoms with E-state index < -0.39 is 17.2 Å². The quantitative estimate of drug-likeness (QED) is 0.506. The Hall–Kier alpha value is -3.53. The first-order chi connectivity index (χ1) is 13.6. The monoisotopic (exact) mass is 396 g/mol. The second-order valence-electron chi connectivity index (χ2n) is 6.03. The molecule has 0 saturated carbocycles. The number of hydrogen-bond donors (Lipinski definition) is 1. The SMILES string of the molecule is O=c1cc(Cn2c(-c3cncs3)nc3nccnc32)c2ccc(F)c(F)c2[nH]1. The van der Waals surface area contributed by atoms with E-state index >= 15 is 0 Å². The zero-order chi connectivity index (χ0) is 19.3. The Balaban J connectivity index is 1.77. The van der Waals surface area contributed by atoms with Crippen molar-refractivity contribution in [1.82, 2.24) is 29.5 Å². The van der Waals surface area contributed by atoms with E-state index in [1.54, 1.807) is 22.5 Å². The topological polar surface area (TPSA) is 89.3 Å². The molecule has 10 heteroatoms. The molecule has 0 aliphatic heterocycles. The number of aromatic nitrogens is 6. The highest BCUT2D eigenvalue weighted by molar-refractivity contribution is 7.13. The molecule has 1 aromatic carbocycles. The van der Waals surface area contributed by atoms with Gasteiger partial charge in [0.25, 0.3) is 0 Å². The maximum absolute atomic E-state index is 14.2. The summed E-state index contributed by atoms with van der Waals surface area (Å²) >= 11 is 1.40. The first kappa shape index (κ1) is 16.6. The summed E-state index contributed by atoms with van der Waals surface area (Å²) in [7, 11) is 0. The predicted molar refractivity (Wildman–Crippen MR) is 100 cm³/mol. The van der Waals surface area contributed by atoms with Crippen molar-refractivity contribution in [2.24, 2.45) is 0 Å². The third kappa shape index (κ3) is 2.57. The van der Waals surface area contributed by atoms with Crippen molar-refractivity contribution in [1.29, 1.82) is 0 Å². The van der Waals surface area contributed by atoms with Gasteiger partial charge in [0.2, 0.25) is 5.56 Å². The number of imidazole rings is 1. The minimum atomic E-state index is -1.09. The largest absolute Gasteiger partial charge is 0.319 e. The van der Waals surface area contributed by atoms with Gasteiger partial charge in [0.1, 0.15) is 0 Å². The third-order valence-electron chi connectivity index (χ3n) is 4.36. The van der Waals surface area contributed by atoms with Gasteiger partial charge in [-0.3, -0.25) is 9.78 Å². The number of nitrogens with one attached hydrogen (secondary N) is 1. The summed E-state index contributed by atoms with van der Waals surface area (Å²) in [4.78, 5) is 32.4. The minimum Gasteiger partial charge on any atom is -0.319 e. The number of hydrogen-bond acceptors (Lipinski definition) is 6. The van der Waals surface area contributed by atoms with Gasteiger partial charge in [-0.25, -0.2) is 23.7 Å². The first-order valence-electron chi connectivity index (χ1n) is 8.18. The molecule has 0 amide bonds. The highest BCUT2D eigenvalue weighted by Gasteiger charge is 2.18. The number of pyridine rings is 1. The minimum absolute atomic E-state index is 0.169. The summed E-state index contributed by atoms with van der Waals surface area (Å²) in [5.74, 6) is -1.53. The summed E-state index contributed by atoms with van der Waals surface area (Å²) in [5, 5.41) is 0.402. The molecule has 4 aromatic heterocycles. The molecule has 0 fully saturated rings. The van der Waals surface area contributed by atoms with Crippen molar-refractivity contribution in [3.05, 3.63) is 69.9 Å². The Morgan fingerprint density at radius 2 is 2.04 bits per heavy atom. The second kappa shape index (κ2) is 6.27. The molecule has 7 nitrogen and oxygen atoms in total. The highest BCUT2D eigenvalue weighted by Crippen LogP contribution is 2.28. The lowest BCUT2D eigenvalue weighted by molar-refractivity contribution is 0.515. The van der Waals surface area contributed by atoms with Gasteiger partial charge in [-0.15, -0.1) is 11.3 Å². The van der Waals surface area contributed by atoms with Crippen LogP contribution in [0.3, 0.4) is 0 Å². The smallest absolute Gasteiger partial charge is 0.248 e. The molecule has 0 aliphatic carbocycles. The van der Waals surface area contributed by atoms with Gasteiger partial charge in [-0.1, -0.05) is 0 Å². The Labute approximate surface area is 159 Å². The molecule has 0 aliphatic rings. The van der Waals surface area contributed by atoms with Gasteiger partial charge in [0.15, 0.2) is 28.8 Å². The Morgan fingerprint density at radius 1 is 1.18 bits per heavy atom. The van der Waals surface area contributed by atoms with E-state index in [-0.39, 0.29) is 12.1 Å². The van der Waals surface area contributed by atoms with Crippen LogP contribution in [0.15, 0.2) is 47.1 Å². The zero-order valence-corrected chi connectivity index (χ0v) is 14.9. The molecule has 0 radical (unpaired) electrons. The fourth-order valence-corrected chi connectivity index (χ4v) is 3.77. The third-order valence-corrected chi connectivity index (χ3v) is 5.13. The van der Waals surface area contributed by atoms with Crippen LogP contribution in [-0.2, 0) is 6.54 Å². The number of H-pyrrole nitrogens is 1. The molecule has 5 aromatic rings. The normalized spacial score (nSPS) is 11.5. The van der Waals surface area contributed by atoms with E-state index in [1.165, 1.54) is 29.7 Å². The van der Waals surface area contributed by atoms with Crippen molar-refractivity contribution < 1.29 is 8.78 Å². The van der Waals surface area contributed by atoms with Crippen LogP contribution in [0, 0.1) is 11.6 Å². The van der Waals surface area contributed by atoms with Crippen molar-refractivity contribution in [3.8, 4) is 10.7 Å². The average Bonchev–Trinajstić information content (AvgIpc) is 3.33. The molecule has 0 spiro atoms. The summed E-state index contributed by atoms with van der Waals surface area (Å²) in [6.07, 6.45) is 4.76. The van der Waals surface area contributed by atoms with E-state index in [4.69, 9.17) is 0 Å². The molecular formula is C18H10F2N6OS. The molecule has 28 heavy (non-hydrogen) atoms. The molecular weight excluding hydrogens is 386 g/mol. The summed E-state index contributed by atoms with van der Waals surface area (Å²) in [6.45, 7) is 0.175. The van der Waals surface area contributed by atoms with Crippen molar-refractivity contribution in [2.75, 3.05) is 0 Å². The van der Waals surface area contributed by atoms with E-state index in [0.29, 0.717) is 28.1 Å². The number of aromatic amines is 1. The van der Waals surface area contributed by atoms with E-state index in [2.05, 4.69) is 24.9 Å². The Morgan fingerprint density at radius 3 is 2.86 bits per heavy atom. The molecule has 0 atom stereocenters. The van der Waals surface area contributed by atoms with Gasteiger partial charge >= 0.3 is 0 Å². The van der Waals surface area contributed by atoms with Gasteiger partial charge in [-0.05, 0) is 17.7 Å². The van der Waals surface area contributed by atoms with Gasteiger partial charge < -0.3 is 9.55 Å². The second-order valence-corrected chi connectivity index (χ2v) is 6.92. The van der Waals surface area contributed by atoms with Crippen molar-refractivity contribution in [2.45, 2.75) is 6.54 Å². The number of halogens is 2. The molecule has 138 valence electrons. The molecule has 0 saturated heterocycles. The lowest BCUT2D eigenvalue weighted by Gasteiger charge is -2.11. The van der Waals surface area contributed by atoms with Crippen LogP contribution in [0.4, 0.5) is 8.78 Å². The Kier molecular flexibility index (Phi) is 3.72. The van der Waals surface area contributed by atoms with E-state index in [9.17, 15) is 13.6 Å². The number of benzene rings is 1. The predicted octanol–water partition coefficient (Wildman–Crippen LogP) is 3.12. The molecule has 0 unspecified atom stereocenters. The van der Waals surface area contributed by atoms with Crippen molar-refractivity contribution in [3.63, 3.8) is 0 Å². The number of nitrogens with zero attached hydrogens (tertiary/aromatic N) is 5. The fraction of sp³-hybridized carbons (Fsp3) is 0.0556. The van der Waals surface area contributed by atoms with Gasteiger partial charge in [-0.2, -0.15) is 0 Å². The first-order valence-corrected chi connectivity index (χ1v) is 9.06. The maximum atomic E-state index is 14.2. The highest BCUT2D eigenvalue weighted by atomic mass is 32.1. The zero-order valence-electron chi connectivity index (χ0n) is 14.1. The summed E-state index contributed by atoms with van der Waals surface area (Å²) in [6, 6.07) is 3.84.